The Balaban J connectivity index is 1.48. The van der Waals surface area contributed by atoms with Crippen LogP contribution in [0.15, 0.2) is 45.6 Å². The molecule has 228 valence electrons. The third kappa shape index (κ3) is 5.36. The van der Waals surface area contributed by atoms with Crippen LogP contribution in [0.5, 0.6) is 23.0 Å². The highest BCUT2D eigenvalue weighted by molar-refractivity contribution is 5.88. The molecule has 2 saturated heterocycles. The first-order valence-corrected chi connectivity index (χ1v) is 12.6. The van der Waals surface area contributed by atoms with Crippen molar-refractivity contribution < 1.29 is 74.4 Å². The van der Waals surface area contributed by atoms with Crippen molar-refractivity contribution in [3.8, 4) is 34.3 Å². The van der Waals surface area contributed by atoms with Crippen LogP contribution in [0.2, 0.25) is 0 Å². The predicted molar refractivity (Wildman–Crippen MR) is 135 cm³/mol. The predicted octanol–water partition coefficient (Wildman–Crippen LogP) is -2.46. The van der Waals surface area contributed by atoms with Crippen molar-refractivity contribution in [3.05, 3.63) is 46.6 Å². The van der Waals surface area contributed by atoms with Gasteiger partial charge in [0.25, 0.3) is 0 Å². The van der Waals surface area contributed by atoms with Gasteiger partial charge >= 0.3 is 0 Å². The number of phenols is 2. The maximum Gasteiger partial charge on any atom is 0.238 e. The van der Waals surface area contributed by atoms with Gasteiger partial charge in [0.15, 0.2) is 24.4 Å². The lowest BCUT2D eigenvalue weighted by molar-refractivity contribution is -0.373. The zero-order chi connectivity index (χ0) is 30.5. The van der Waals surface area contributed by atoms with Gasteiger partial charge in [-0.15, -0.1) is 0 Å². The van der Waals surface area contributed by atoms with Crippen LogP contribution >= 0.6 is 0 Å². The monoisotopic (exact) mass is 596 g/mol. The van der Waals surface area contributed by atoms with E-state index in [1.54, 1.807) is 0 Å². The number of hydrogen-bond acceptors (Lipinski definition) is 16. The van der Waals surface area contributed by atoms with Gasteiger partial charge in [-0.3, -0.25) is 4.79 Å². The molecule has 16 nitrogen and oxygen atoms in total. The van der Waals surface area contributed by atoms with Gasteiger partial charge in [0, 0.05) is 17.7 Å². The molecule has 5 rings (SSSR count). The van der Waals surface area contributed by atoms with Crippen LogP contribution in [-0.2, 0) is 14.2 Å². The van der Waals surface area contributed by atoms with E-state index in [9.17, 15) is 55.9 Å². The number of aliphatic hydroxyl groups is 7. The Hall–Kier alpha value is -3.55. The van der Waals surface area contributed by atoms with Crippen molar-refractivity contribution >= 4 is 11.0 Å². The SMILES string of the molecule is O=c1c(O)c(-c2ccc(O)cc2)oc2cc(OC3OC(O)C(O)C(O)C3OC3OC(CO)C(O)C(O)C3O)cc(O)c12. The fourth-order valence-corrected chi connectivity index (χ4v) is 4.67. The zero-order valence-corrected chi connectivity index (χ0v) is 21.4. The first kappa shape index (κ1) is 29.9. The topological polar surface area (TPSA) is 269 Å². The fourth-order valence-electron chi connectivity index (χ4n) is 4.67. The lowest BCUT2D eigenvalue weighted by Gasteiger charge is -2.45. The highest BCUT2D eigenvalue weighted by Crippen LogP contribution is 2.37. The molecule has 2 aliphatic heterocycles. The number of phenolic OH excluding ortho intramolecular Hbond substituents is 2. The molecule has 0 aliphatic carbocycles. The van der Waals surface area contributed by atoms with E-state index < -0.39 is 90.5 Å². The Labute approximate surface area is 235 Å². The Kier molecular flexibility index (Phi) is 8.28. The summed E-state index contributed by atoms with van der Waals surface area (Å²) in [7, 11) is 0. The average Bonchev–Trinajstić information content (AvgIpc) is 2.96. The van der Waals surface area contributed by atoms with Crippen molar-refractivity contribution in [3.63, 3.8) is 0 Å². The van der Waals surface area contributed by atoms with Crippen molar-refractivity contribution in [1.82, 2.24) is 0 Å². The van der Waals surface area contributed by atoms with Crippen LogP contribution in [0.3, 0.4) is 0 Å². The lowest BCUT2D eigenvalue weighted by atomic mass is 9.98. The average molecular weight is 596 g/mol. The van der Waals surface area contributed by atoms with E-state index in [1.807, 2.05) is 0 Å². The highest BCUT2D eigenvalue weighted by atomic mass is 16.8. The van der Waals surface area contributed by atoms with Crippen LogP contribution < -0.4 is 10.2 Å². The smallest absolute Gasteiger partial charge is 0.238 e. The van der Waals surface area contributed by atoms with Crippen molar-refractivity contribution in [2.75, 3.05) is 6.61 Å². The summed E-state index contributed by atoms with van der Waals surface area (Å²) in [5, 5.41) is 101. The molecule has 3 heterocycles. The maximum atomic E-state index is 12.8. The Bertz CT molecular complexity index is 1470. The summed E-state index contributed by atoms with van der Waals surface area (Å²) in [6.07, 6.45) is -18.1. The Morgan fingerprint density at radius 1 is 0.786 bits per heavy atom. The van der Waals surface area contributed by atoms with Crippen molar-refractivity contribution in [2.24, 2.45) is 0 Å². The summed E-state index contributed by atoms with van der Waals surface area (Å²) in [5.74, 6) is -2.19. The van der Waals surface area contributed by atoms with Crippen molar-refractivity contribution in [1.29, 1.82) is 0 Å². The summed E-state index contributed by atoms with van der Waals surface area (Å²) >= 11 is 0. The molecule has 0 amide bonds. The minimum Gasteiger partial charge on any atom is -0.508 e. The van der Waals surface area contributed by atoms with Gasteiger partial charge < -0.3 is 74.4 Å². The third-order valence-electron chi connectivity index (χ3n) is 6.97. The van der Waals surface area contributed by atoms with Gasteiger partial charge in [0.05, 0.1) is 6.61 Å². The summed E-state index contributed by atoms with van der Waals surface area (Å²) in [6, 6.07) is 7.34. The van der Waals surface area contributed by atoms with E-state index in [0.717, 1.165) is 12.1 Å². The van der Waals surface area contributed by atoms with Crippen LogP contribution in [0.25, 0.3) is 22.3 Å². The van der Waals surface area contributed by atoms with Crippen LogP contribution in [0.1, 0.15) is 0 Å². The molecule has 0 radical (unpaired) electrons. The molecule has 10 N–H and O–H groups in total. The molecular weight excluding hydrogens is 568 g/mol. The van der Waals surface area contributed by atoms with Gasteiger partial charge in [-0.25, -0.2) is 0 Å². The van der Waals surface area contributed by atoms with Crippen LogP contribution in [-0.4, -0.2) is 119 Å². The first-order chi connectivity index (χ1) is 19.9. The van der Waals surface area contributed by atoms with Gasteiger partial charge in [-0.05, 0) is 24.3 Å². The maximum absolute atomic E-state index is 12.8. The normalized spacial score (nSPS) is 33.5. The largest absolute Gasteiger partial charge is 0.508 e. The first-order valence-electron chi connectivity index (χ1n) is 12.6. The minimum absolute atomic E-state index is 0.0860. The number of fused-ring (bicyclic) bond motifs is 1. The third-order valence-corrected chi connectivity index (χ3v) is 6.97. The van der Waals surface area contributed by atoms with Gasteiger partial charge in [-0.1, -0.05) is 0 Å². The van der Waals surface area contributed by atoms with E-state index in [-0.39, 0.29) is 28.4 Å². The number of hydrogen-bond donors (Lipinski definition) is 10. The molecular formula is C26H28O16. The van der Waals surface area contributed by atoms with Crippen molar-refractivity contribution in [2.45, 2.75) is 61.6 Å². The van der Waals surface area contributed by atoms with Crippen LogP contribution in [0, 0.1) is 0 Å². The Morgan fingerprint density at radius 2 is 1.48 bits per heavy atom. The molecule has 16 heteroatoms. The number of aromatic hydroxyl groups is 3. The summed E-state index contributed by atoms with van der Waals surface area (Å²) < 4.78 is 27.4. The Morgan fingerprint density at radius 3 is 2.14 bits per heavy atom. The standard InChI is InChI=1S/C26H28O16/c27-7-13-15(30)17(32)21(36)25(40-13)41-23-19(34)20(35)24(37)42-26(23)38-10-5-11(29)14-12(6-10)39-22(18(33)16(14)31)8-1-3-9(28)4-2-8/h1-6,13,15,17,19-21,23-30,32-37H,7H2. The second kappa shape index (κ2) is 11.6. The molecule has 0 saturated carbocycles. The molecule has 42 heavy (non-hydrogen) atoms. The van der Waals surface area contributed by atoms with E-state index in [0.29, 0.717) is 0 Å². The second-order valence-corrected chi connectivity index (χ2v) is 9.76. The molecule has 1 aromatic heterocycles. The number of rotatable bonds is 6. The zero-order valence-electron chi connectivity index (χ0n) is 21.4. The van der Waals surface area contributed by atoms with Gasteiger partial charge in [0.1, 0.15) is 64.8 Å². The molecule has 10 atom stereocenters. The summed E-state index contributed by atoms with van der Waals surface area (Å²) in [5.41, 5.74) is -1.06. The van der Waals surface area contributed by atoms with E-state index in [2.05, 4.69) is 0 Å². The van der Waals surface area contributed by atoms with E-state index >= 15 is 0 Å². The number of benzene rings is 2. The second-order valence-electron chi connectivity index (χ2n) is 9.76. The molecule has 0 spiro atoms. The molecule has 3 aromatic rings. The van der Waals surface area contributed by atoms with Gasteiger partial charge in [-0.2, -0.15) is 0 Å². The molecule has 10 unspecified atom stereocenters. The fraction of sp³-hybridized carbons (Fsp3) is 0.423. The van der Waals surface area contributed by atoms with Gasteiger partial charge in [0.2, 0.25) is 17.5 Å². The van der Waals surface area contributed by atoms with Crippen LogP contribution in [0.4, 0.5) is 0 Å². The molecule has 2 aliphatic rings. The van der Waals surface area contributed by atoms with E-state index in [1.165, 1.54) is 24.3 Å². The number of aliphatic hydroxyl groups excluding tert-OH is 7. The van der Waals surface area contributed by atoms with E-state index in [4.69, 9.17) is 23.4 Å². The molecule has 0 bridgehead atoms. The summed E-state index contributed by atoms with van der Waals surface area (Å²) in [6.45, 7) is -0.779. The summed E-state index contributed by atoms with van der Waals surface area (Å²) in [4.78, 5) is 12.8. The minimum atomic E-state index is -2.01. The lowest BCUT2D eigenvalue weighted by Crippen LogP contribution is -2.64. The molecule has 2 fully saturated rings. The molecule has 2 aromatic carbocycles. The number of ether oxygens (including phenoxy) is 4. The quantitative estimate of drug-likeness (QED) is 0.141. The highest BCUT2D eigenvalue weighted by Gasteiger charge is 2.51.